The second-order valence-corrected chi connectivity index (χ2v) is 6.62. The first-order valence-electron chi connectivity index (χ1n) is 8.14. The molecule has 0 radical (unpaired) electrons. The third-order valence-electron chi connectivity index (χ3n) is 2.98. The largest absolute Gasteiger partial charge is 0.469 e. The summed E-state index contributed by atoms with van der Waals surface area (Å²) in [5, 5.41) is 6.26. The van der Waals surface area contributed by atoms with Crippen LogP contribution in [0, 0.1) is 0 Å². The highest BCUT2D eigenvalue weighted by Gasteiger charge is 2.16. The van der Waals surface area contributed by atoms with Crippen LogP contribution in [0.25, 0.3) is 0 Å². The summed E-state index contributed by atoms with van der Waals surface area (Å²) in [5.41, 5.74) is -0.231. The fraction of sp³-hybridized carbons (Fsp3) is 0.647. The second kappa shape index (κ2) is 11.3. The summed E-state index contributed by atoms with van der Waals surface area (Å²) in [4.78, 5) is 18.4. The molecule has 1 aromatic heterocycles. The van der Waals surface area contributed by atoms with Crippen molar-refractivity contribution in [2.75, 3.05) is 26.7 Å². The van der Waals surface area contributed by atoms with Crippen LogP contribution in [0.4, 0.5) is 0 Å². The molecule has 1 aromatic rings. The van der Waals surface area contributed by atoms with Gasteiger partial charge in [-0.3, -0.25) is 9.79 Å². The molecule has 2 N–H and O–H groups in total. The molecule has 0 aliphatic heterocycles. The van der Waals surface area contributed by atoms with Crippen LogP contribution < -0.4 is 10.6 Å². The molecule has 24 heavy (non-hydrogen) atoms. The molecule has 0 bridgehead atoms. The molecule has 0 unspecified atom stereocenters. The lowest BCUT2D eigenvalue weighted by Gasteiger charge is -2.25. The van der Waals surface area contributed by atoms with Gasteiger partial charge in [-0.05, 0) is 39.3 Å². The minimum absolute atomic E-state index is 0. The lowest BCUT2D eigenvalue weighted by Crippen LogP contribution is -2.49. The van der Waals surface area contributed by atoms with Gasteiger partial charge in [0.05, 0.1) is 12.8 Å². The Kier molecular flexibility index (Phi) is 10.7. The summed E-state index contributed by atoms with van der Waals surface area (Å²) in [6.45, 7) is 9.70. The minimum Gasteiger partial charge on any atom is -0.469 e. The molecule has 6 nitrogen and oxygen atoms in total. The predicted octanol–water partition coefficient (Wildman–Crippen LogP) is 2.64. The number of carbonyl (C=O) groups is 1. The zero-order valence-electron chi connectivity index (χ0n) is 15.4. The van der Waals surface area contributed by atoms with E-state index in [1.807, 2.05) is 44.9 Å². The lowest BCUT2D eigenvalue weighted by molar-refractivity contribution is -0.122. The van der Waals surface area contributed by atoms with E-state index < -0.39 is 0 Å². The molecule has 138 valence electrons. The van der Waals surface area contributed by atoms with Crippen molar-refractivity contribution in [3.63, 3.8) is 0 Å². The summed E-state index contributed by atoms with van der Waals surface area (Å²) in [6, 6.07) is 3.83. The topological polar surface area (TPSA) is 69.9 Å². The summed E-state index contributed by atoms with van der Waals surface area (Å²) in [5.74, 6) is 1.65. The standard InChI is InChI=1S/C17H30N4O2.HI/c1-6-10-18-16(19-11-9-14-8-7-12-23-14)21(5)13-15(22)20-17(2,3)4;/h7-8,12H,6,9-11,13H2,1-5H3,(H,18,19)(H,20,22);1H. The van der Waals surface area contributed by atoms with Crippen LogP contribution in [0.2, 0.25) is 0 Å². The Morgan fingerprint density at radius 1 is 1.38 bits per heavy atom. The van der Waals surface area contributed by atoms with E-state index in [4.69, 9.17) is 4.42 Å². The van der Waals surface area contributed by atoms with Crippen molar-refractivity contribution < 1.29 is 9.21 Å². The number of amides is 1. The number of guanidine groups is 1. The van der Waals surface area contributed by atoms with Gasteiger partial charge in [-0.1, -0.05) is 6.92 Å². The molecule has 1 amide bonds. The van der Waals surface area contributed by atoms with Gasteiger partial charge < -0.3 is 20.0 Å². The molecule has 0 aromatic carbocycles. The average molecular weight is 450 g/mol. The molecule has 0 spiro atoms. The third-order valence-corrected chi connectivity index (χ3v) is 2.98. The number of halogens is 1. The maximum Gasteiger partial charge on any atom is 0.240 e. The number of hydrogen-bond acceptors (Lipinski definition) is 3. The Balaban J connectivity index is 0.00000529. The fourth-order valence-corrected chi connectivity index (χ4v) is 2.03. The first-order valence-corrected chi connectivity index (χ1v) is 8.14. The van der Waals surface area contributed by atoms with Crippen molar-refractivity contribution in [1.82, 2.24) is 15.5 Å². The number of furan rings is 1. The summed E-state index contributed by atoms with van der Waals surface area (Å²) in [7, 11) is 1.87. The molecule has 7 heteroatoms. The maximum atomic E-state index is 12.1. The zero-order chi connectivity index (χ0) is 17.3. The Morgan fingerprint density at radius 2 is 2.08 bits per heavy atom. The van der Waals surface area contributed by atoms with E-state index in [1.54, 1.807) is 6.26 Å². The van der Waals surface area contributed by atoms with E-state index in [9.17, 15) is 4.79 Å². The first kappa shape index (κ1) is 22.8. The highest BCUT2D eigenvalue weighted by molar-refractivity contribution is 14.0. The monoisotopic (exact) mass is 450 g/mol. The highest BCUT2D eigenvalue weighted by atomic mass is 127. The van der Waals surface area contributed by atoms with Gasteiger partial charge in [-0.2, -0.15) is 0 Å². The number of nitrogens with one attached hydrogen (secondary N) is 2. The highest BCUT2D eigenvalue weighted by Crippen LogP contribution is 2.01. The molecular weight excluding hydrogens is 419 g/mol. The van der Waals surface area contributed by atoms with Crippen molar-refractivity contribution in [3.8, 4) is 0 Å². The fourth-order valence-electron chi connectivity index (χ4n) is 2.03. The van der Waals surface area contributed by atoms with Gasteiger partial charge in [-0.25, -0.2) is 0 Å². The van der Waals surface area contributed by atoms with Gasteiger partial charge in [0, 0.05) is 32.1 Å². The van der Waals surface area contributed by atoms with Gasteiger partial charge in [0.15, 0.2) is 5.96 Å². The summed E-state index contributed by atoms with van der Waals surface area (Å²) < 4.78 is 5.32. The van der Waals surface area contributed by atoms with E-state index in [0.29, 0.717) is 6.54 Å². The molecule has 0 saturated carbocycles. The van der Waals surface area contributed by atoms with Crippen LogP contribution in [-0.2, 0) is 11.2 Å². The molecule has 1 rings (SSSR count). The Labute approximate surface area is 162 Å². The normalized spacial score (nSPS) is 11.6. The third kappa shape index (κ3) is 9.79. The van der Waals surface area contributed by atoms with Crippen molar-refractivity contribution in [2.24, 2.45) is 4.99 Å². The van der Waals surface area contributed by atoms with E-state index >= 15 is 0 Å². The van der Waals surface area contributed by atoms with Crippen molar-refractivity contribution in [1.29, 1.82) is 0 Å². The number of carbonyl (C=O) groups excluding carboxylic acids is 1. The molecular formula is C17H31IN4O2. The Morgan fingerprint density at radius 3 is 2.62 bits per heavy atom. The van der Waals surface area contributed by atoms with E-state index in [1.165, 1.54) is 0 Å². The van der Waals surface area contributed by atoms with E-state index in [0.717, 1.165) is 31.1 Å². The smallest absolute Gasteiger partial charge is 0.240 e. The van der Waals surface area contributed by atoms with Crippen molar-refractivity contribution in [2.45, 2.75) is 46.1 Å². The molecule has 1 heterocycles. The Bertz CT molecular complexity index is 495. The SMILES string of the molecule is CCCN=C(NCCc1ccco1)N(C)CC(=O)NC(C)(C)C.I. The molecule has 0 aliphatic rings. The number of likely N-dealkylation sites (N-methyl/N-ethyl adjacent to an activating group) is 1. The zero-order valence-corrected chi connectivity index (χ0v) is 17.7. The van der Waals surface area contributed by atoms with E-state index in [-0.39, 0.29) is 42.0 Å². The van der Waals surface area contributed by atoms with Crippen LogP contribution in [0.3, 0.4) is 0 Å². The number of aliphatic imine (C=N–C) groups is 1. The summed E-state index contributed by atoms with van der Waals surface area (Å²) in [6.07, 6.45) is 3.41. The number of nitrogens with zero attached hydrogens (tertiary/aromatic N) is 2. The van der Waals surface area contributed by atoms with Gasteiger partial charge in [0.25, 0.3) is 0 Å². The Hall–Kier alpha value is -1.25. The predicted molar refractivity (Wildman–Crippen MR) is 109 cm³/mol. The first-order chi connectivity index (χ1) is 10.8. The van der Waals surface area contributed by atoms with Crippen LogP contribution in [-0.4, -0.2) is 49.0 Å². The maximum absolute atomic E-state index is 12.1. The van der Waals surface area contributed by atoms with Crippen molar-refractivity contribution in [3.05, 3.63) is 24.2 Å². The van der Waals surface area contributed by atoms with E-state index in [2.05, 4.69) is 22.5 Å². The lowest BCUT2D eigenvalue weighted by atomic mass is 10.1. The molecule has 0 atom stereocenters. The summed E-state index contributed by atoms with van der Waals surface area (Å²) >= 11 is 0. The van der Waals surface area contributed by atoms with Gasteiger partial charge in [-0.15, -0.1) is 24.0 Å². The number of hydrogen-bond donors (Lipinski definition) is 2. The van der Waals surface area contributed by atoms with Crippen LogP contribution in [0.1, 0.15) is 39.9 Å². The molecule has 0 saturated heterocycles. The van der Waals surface area contributed by atoms with Gasteiger partial charge >= 0.3 is 0 Å². The molecule has 0 fully saturated rings. The van der Waals surface area contributed by atoms with Crippen LogP contribution in [0.5, 0.6) is 0 Å². The van der Waals surface area contributed by atoms with Crippen LogP contribution in [0.15, 0.2) is 27.8 Å². The minimum atomic E-state index is -0.231. The number of rotatable bonds is 7. The quantitative estimate of drug-likeness (QED) is 0.381. The van der Waals surface area contributed by atoms with Crippen LogP contribution >= 0.6 is 24.0 Å². The second-order valence-electron chi connectivity index (χ2n) is 6.62. The average Bonchev–Trinajstić information content (AvgIpc) is 2.93. The molecule has 0 aliphatic carbocycles. The van der Waals surface area contributed by atoms with Gasteiger partial charge in [0.1, 0.15) is 5.76 Å². The van der Waals surface area contributed by atoms with Crippen molar-refractivity contribution >= 4 is 35.8 Å². The van der Waals surface area contributed by atoms with Gasteiger partial charge in [0.2, 0.25) is 5.91 Å².